The van der Waals surface area contributed by atoms with E-state index in [4.69, 9.17) is 14.4 Å². The summed E-state index contributed by atoms with van der Waals surface area (Å²) < 4.78 is 11.2. The molecule has 29 heavy (non-hydrogen) atoms. The second kappa shape index (κ2) is 7.41. The van der Waals surface area contributed by atoms with Gasteiger partial charge in [0.25, 0.3) is 5.91 Å². The minimum absolute atomic E-state index is 0.0739. The maximum absolute atomic E-state index is 12.7. The fourth-order valence-electron chi connectivity index (χ4n) is 3.12. The van der Waals surface area contributed by atoms with E-state index in [0.29, 0.717) is 21.7 Å². The van der Waals surface area contributed by atoms with Crippen LogP contribution in [0.5, 0.6) is 0 Å². The monoisotopic (exact) mass is 404 g/mol. The molecule has 1 N–H and O–H groups in total. The molecule has 7 heteroatoms. The number of nitrogens with one attached hydrogen (secondary N) is 1. The van der Waals surface area contributed by atoms with Crippen LogP contribution in [0.15, 0.2) is 52.3 Å². The molecule has 0 spiro atoms. The average molecular weight is 404 g/mol. The Morgan fingerprint density at radius 2 is 1.97 bits per heavy atom. The van der Waals surface area contributed by atoms with Gasteiger partial charge in [0.15, 0.2) is 6.10 Å². The Morgan fingerprint density at radius 3 is 2.76 bits per heavy atom. The Morgan fingerprint density at radius 1 is 1.17 bits per heavy atom. The number of carbonyl (C=O) groups excluding carboxylic acids is 2. The van der Waals surface area contributed by atoms with Crippen molar-refractivity contribution in [3.05, 3.63) is 64.7 Å². The molecule has 1 amide bonds. The lowest BCUT2D eigenvalue weighted by molar-refractivity contribution is -0.123. The Hall–Kier alpha value is -3.63. The number of ether oxygens (including phenoxy) is 1. The summed E-state index contributed by atoms with van der Waals surface area (Å²) in [5.41, 5.74) is 1.64. The van der Waals surface area contributed by atoms with Crippen LogP contribution in [-0.2, 0) is 9.53 Å². The normalized spacial score (nSPS) is 11.9. The van der Waals surface area contributed by atoms with Crippen LogP contribution in [0.2, 0.25) is 0 Å². The van der Waals surface area contributed by atoms with Crippen molar-refractivity contribution in [3.63, 3.8) is 0 Å². The number of hydrogen-bond donors (Lipinski definition) is 1. The van der Waals surface area contributed by atoms with Crippen molar-refractivity contribution in [2.24, 2.45) is 0 Å². The lowest BCUT2D eigenvalue weighted by Crippen LogP contribution is -2.30. The van der Waals surface area contributed by atoms with E-state index in [9.17, 15) is 9.59 Å². The molecule has 2 aromatic carbocycles. The molecule has 4 rings (SSSR count). The van der Waals surface area contributed by atoms with E-state index in [0.717, 1.165) is 16.2 Å². The van der Waals surface area contributed by atoms with Gasteiger partial charge in [0.1, 0.15) is 16.7 Å². The van der Waals surface area contributed by atoms with Gasteiger partial charge >= 0.3 is 5.97 Å². The van der Waals surface area contributed by atoms with Crippen molar-refractivity contribution >= 4 is 50.0 Å². The van der Waals surface area contributed by atoms with Crippen LogP contribution in [0.3, 0.4) is 0 Å². The first-order valence-corrected chi connectivity index (χ1v) is 9.78. The first-order valence-electron chi connectivity index (χ1n) is 8.90. The van der Waals surface area contributed by atoms with Crippen molar-refractivity contribution < 1.29 is 18.7 Å². The number of thiophene rings is 1. The molecule has 0 radical (unpaired) electrons. The molecule has 0 saturated carbocycles. The van der Waals surface area contributed by atoms with Crippen molar-refractivity contribution in [3.8, 4) is 6.07 Å². The number of esters is 1. The summed E-state index contributed by atoms with van der Waals surface area (Å²) in [6, 6.07) is 15.2. The molecule has 144 valence electrons. The highest BCUT2D eigenvalue weighted by Gasteiger charge is 2.25. The molecular formula is C22H16N2O4S. The Kier molecular flexibility index (Phi) is 4.79. The summed E-state index contributed by atoms with van der Waals surface area (Å²) in [4.78, 5) is 25.0. The fourth-order valence-corrected chi connectivity index (χ4v) is 3.86. The molecule has 0 bridgehead atoms. The number of anilines is 1. The molecule has 6 nitrogen and oxygen atoms in total. The average Bonchev–Trinajstić information content (AvgIpc) is 3.31. The van der Waals surface area contributed by atoms with Crippen LogP contribution >= 0.6 is 11.3 Å². The number of nitriles is 1. The molecule has 0 saturated heterocycles. The molecule has 2 heterocycles. The van der Waals surface area contributed by atoms with Crippen molar-refractivity contribution in [2.45, 2.75) is 20.0 Å². The van der Waals surface area contributed by atoms with Crippen LogP contribution in [0.4, 0.5) is 5.00 Å². The van der Waals surface area contributed by atoms with E-state index in [2.05, 4.69) is 5.32 Å². The summed E-state index contributed by atoms with van der Waals surface area (Å²) >= 11 is 1.23. The first-order chi connectivity index (χ1) is 14.0. The molecule has 4 aromatic rings. The lowest BCUT2D eigenvalue weighted by atomic mass is 10.1. The number of fused-ring (bicyclic) bond motifs is 3. The minimum atomic E-state index is -1.06. The highest BCUT2D eigenvalue weighted by atomic mass is 32.1. The van der Waals surface area contributed by atoms with Crippen molar-refractivity contribution in [1.29, 1.82) is 5.26 Å². The van der Waals surface area contributed by atoms with E-state index in [1.165, 1.54) is 18.3 Å². The SMILES string of the molecule is Cc1c(C(=O)O[C@@H](C)C(=O)Nc2sccc2C#N)oc2c1ccc1ccccc12. The molecule has 1 atom stereocenters. The van der Waals surface area contributed by atoms with Gasteiger partial charge in [-0.3, -0.25) is 4.79 Å². The second-order valence-electron chi connectivity index (χ2n) is 6.53. The van der Waals surface area contributed by atoms with Gasteiger partial charge in [0.05, 0.1) is 5.56 Å². The molecule has 0 aliphatic heterocycles. The van der Waals surface area contributed by atoms with Crippen LogP contribution in [-0.4, -0.2) is 18.0 Å². The van der Waals surface area contributed by atoms with Crippen LogP contribution in [0.25, 0.3) is 21.7 Å². The largest absolute Gasteiger partial charge is 0.448 e. The predicted molar refractivity (Wildman–Crippen MR) is 111 cm³/mol. The van der Waals surface area contributed by atoms with E-state index < -0.39 is 18.0 Å². The molecular weight excluding hydrogens is 388 g/mol. The fraction of sp³-hybridized carbons (Fsp3) is 0.136. The molecule has 0 fully saturated rings. The van der Waals surface area contributed by atoms with Gasteiger partial charge < -0.3 is 14.5 Å². The number of aryl methyl sites for hydroxylation is 1. The van der Waals surface area contributed by atoms with Crippen LogP contribution < -0.4 is 5.32 Å². The molecule has 2 aromatic heterocycles. The second-order valence-corrected chi connectivity index (χ2v) is 7.45. The van der Waals surface area contributed by atoms with E-state index in [-0.39, 0.29) is 5.76 Å². The summed E-state index contributed by atoms with van der Waals surface area (Å²) in [7, 11) is 0. The number of carbonyl (C=O) groups is 2. The van der Waals surface area contributed by atoms with E-state index >= 15 is 0 Å². The minimum Gasteiger partial charge on any atom is -0.448 e. The van der Waals surface area contributed by atoms with Gasteiger partial charge in [0, 0.05) is 16.3 Å². The van der Waals surface area contributed by atoms with Crippen molar-refractivity contribution in [1.82, 2.24) is 0 Å². The topological polar surface area (TPSA) is 92.3 Å². The van der Waals surface area contributed by atoms with Crippen LogP contribution in [0.1, 0.15) is 28.6 Å². The Bertz CT molecular complexity index is 1300. The molecule has 0 unspecified atom stereocenters. The van der Waals surface area contributed by atoms with Crippen LogP contribution in [0, 0.1) is 18.3 Å². The Labute approximate surface area is 170 Å². The third-order valence-corrected chi connectivity index (χ3v) is 5.52. The number of nitrogens with zero attached hydrogens (tertiary/aromatic N) is 1. The highest BCUT2D eigenvalue weighted by Crippen LogP contribution is 2.32. The van der Waals surface area contributed by atoms with Gasteiger partial charge in [-0.15, -0.1) is 11.3 Å². The quantitative estimate of drug-likeness (QED) is 0.483. The summed E-state index contributed by atoms with van der Waals surface area (Å²) in [5.74, 6) is -1.15. The van der Waals surface area contributed by atoms with Gasteiger partial charge in [-0.2, -0.15) is 5.26 Å². The summed E-state index contributed by atoms with van der Waals surface area (Å²) in [6.07, 6.45) is -1.06. The van der Waals surface area contributed by atoms with Gasteiger partial charge in [-0.1, -0.05) is 36.4 Å². The van der Waals surface area contributed by atoms with Gasteiger partial charge in [-0.05, 0) is 30.7 Å². The van der Waals surface area contributed by atoms with Gasteiger partial charge in [0.2, 0.25) is 5.76 Å². The van der Waals surface area contributed by atoms with E-state index in [1.54, 1.807) is 18.4 Å². The standard InChI is InChI=1S/C22H16N2O4S/c1-12-16-8-7-14-5-3-4-6-17(14)19(16)28-18(12)22(26)27-13(2)20(25)24-21-15(11-23)9-10-29-21/h3-10,13H,1-2H3,(H,24,25)/t13-/m0/s1. The number of amides is 1. The molecule has 0 aliphatic carbocycles. The van der Waals surface area contributed by atoms with Crippen molar-refractivity contribution in [2.75, 3.05) is 5.32 Å². The number of furan rings is 1. The van der Waals surface area contributed by atoms with E-state index in [1.807, 2.05) is 42.5 Å². The number of benzene rings is 2. The smallest absolute Gasteiger partial charge is 0.375 e. The highest BCUT2D eigenvalue weighted by molar-refractivity contribution is 7.14. The zero-order chi connectivity index (χ0) is 20.5. The lowest BCUT2D eigenvalue weighted by Gasteiger charge is -2.12. The Balaban J connectivity index is 1.57. The van der Waals surface area contributed by atoms with Gasteiger partial charge in [-0.25, -0.2) is 4.79 Å². The maximum Gasteiger partial charge on any atom is 0.375 e. The first kappa shape index (κ1) is 18.7. The summed E-state index contributed by atoms with van der Waals surface area (Å²) in [6.45, 7) is 3.26. The number of rotatable bonds is 4. The zero-order valence-electron chi connectivity index (χ0n) is 15.7. The summed E-state index contributed by atoms with van der Waals surface area (Å²) in [5, 5.41) is 16.5. The molecule has 0 aliphatic rings. The number of hydrogen-bond acceptors (Lipinski definition) is 6. The predicted octanol–water partition coefficient (Wildman–Crippen LogP) is 5.01. The zero-order valence-corrected chi connectivity index (χ0v) is 16.5. The third-order valence-electron chi connectivity index (χ3n) is 4.69. The third kappa shape index (κ3) is 3.35. The maximum atomic E-state index is 12.7.